The second kappa shape index (κ2) is 4.18. The van der Waals surface area contributed by atoms with E-state index in [1.807, 2.05) is 0 Å². The van der Waals surface area contributed by atoms with Crippen LogP contribution in [0.5, 0.6) is 0 Å². The molecule has 16 heavy (non-hydrogen) atoms. The summed E-state index contributed by atoms with van der Waals surface area (Å²) in [6, 6.07) is 0. The van der Waals surface area contributed by atoms with Crippen molar-refractivity contribution >= 4 is 25.7 Å². The highest BCUT2D eigenvalue weighted by atomic mass is 35.7. The van der Waals surface area contributed by atoms with E-state index in [0.29, 0.717) is 25.4 Å². The van der Waals surface area contributed by atoms with Gasteiger partial charge in [0.15, 0.2) is 0 Å². The normalized spacial score (nSPS) is 37.6. The smallest absolute Gasteiger partial charge is 0.309 e. The maximum Gasteiger partial charge on any atom is 0.309 e. The van der Waals surface area contributed by atoms with E-state index in [1.54, 1.807) is 6.92 Å². The second-order valence-corrected chi connectivity index (χ2v) is 7.42. The first-order valence-corrected chi connectivity index (χ1v) is 7.92. The van der Waals surface area contributed by atoms with Crippen LogP contribution in [0, 0.1) is 17.8 Å². The number of fused-ring (bicyclic) bond motifs is 1. The molecule has 0 aromatic rings. The molecule has 0 saturated heterocycles. The van der Waals surface area contributed by atoms with Gasteiger partial charge in [0.05, 0.1) is 17.8 Å². The van der Waals surface area contributed by atoms with Gasteiger partial charge in [0, 0.05) is 10.7 Å². The minimum Gasteiger partial charge on any atom is -0.466 e. The summed E-state index contributed by atoms with van der Waals surface area (Å²) in [5.74, 6) is 0.244. The Morgan fingerprint density at radius 1 is 1.38 bits per heavy atom. The van der Waals surface area contributed by atoms with Crippen LogP contribution in [0.1, 0.15) is 26.2 Å². The van der Waals surface area contributed by atoms with Gasteiger partial charge in [0.25, 0.3) is 0 Å². The average Bonchev–Trinajstić information content (AvgIpc) is 2.89. The molecule has 2 saturated carbocycles. The first-order chi connectivity index (χ1) is 7.45. The van der Waals surface area contributed by atoms with E-state index >= 15 is 0 Å². The molecule has 0 aromatic heterocycles. The number of hydrogen-bond acceptors (Lipinski definition) is 4. The van der Waals surface area contributed by atoms with Crippen LogP contribution in [0.3, 0.4) is 0 Å². The summed E-state index contributed by atoms with van der Waals surface area (Å²) in [7, 11) is 1.87. The molecule has 2 fully saturated rings. The number of rotatable bonds is 3. The van der Waals surface area contributed by atoms with Crippen molar-refractivity contribution in [3.63, 3.8) is 0 Å². The summed E-state index contributed by atoms with van der Waals surface area (Å²) in [5.41, 5.74) is 0. The molecule has 0 bridgehead atoms. The zero-order chi connectivity index (χ0) is 11.9. The molecule has 0 aromatic carbocycles. The van der Waals surface area contributed by atoms with Gasteiger partial charge in [-0.3, -0.25) is 4.79 Å². The molecule has 0 heterocycles. The zero-order valence-electron chi connectivity index (χ0n) is 9.06. The minimum absolute atomic E-state index is 0.0802. The van der Waals surface area contributed by atoms with E-state index in [0.717, 1.165) is 6.42 Å². The predicted octanol–water partition coefficient (Wildman–Crippen LogP) is 1.53. The molecule has 2 rings (SSSR count). The van der Waals surface area contributed by atoms with Crippen molar-refractivity contribution in [1.29, 1.82) is 0 Å². The molecule has 6 heteroatoms. The lowest BCUT2D eigenvalue weighted by molar-refractivity contribution is -0.145. The van der Waals surface area contributed by atoms with Gasteiger partial charge in [0.2, 0.25) is 9.05 Å². The van der Waals surface area contributed by atoms with Crippen molar-refractivity contribution in [2.45, 2.75) is 31.4 Å². The Labute approximate surface area is 99.7 Å². The molecule has 4 atom stereocenters. The number of esters is 1. The zero-order valence-corrected chi connectivity index (χ0v) is 10.6. The van der Waals surface area contributed by atoms with E-state index in [4.69, 9.17) is 15.4 Å². The molecule has 0 radical (unpaired) electrons. The van der Waals surface area contributed by atoms with Crippen molar-refractivity contribution in [2.24, 2.45) is 17.8 Å². The van der Waals surface area contributed by atoms with Gasteiger partial charge in [0.1, 0.15) is 0 Å². The molecular weight excluding hydrogens is 252 g/mol. The van der Waals surface area contributed by atoms with E-state index in [9.17, 15) is 13.2 Å². The van der Waals surface area contributed by atoms with Crippen molar-refractivity contribution in [3.8, 4) is 0 Å². The SMILES string of the molecule is CCOC(=O)C1C2CCC(S(=O)(=O)Cl)CC21. The molecule has 0 N–H and O–H groups in total. The Morgan fingerprint density at radius 3 is 2.62 bits per heavy atom. The number of carbonyl (C=O) groups excluding carboxylic acids is 1. The molecule has 0 amide bonds. The molecule has 0 spiro atoms. The summed E-state index contributed by atoms with van der Waals surface area (Å²) in [6.07, 6.45) is 1.85. The maximum atomic E-state index is 11.5. The number of hydrogen-bond donors (Lipinski definition) is 0. The largest absolute Gasteiger partial charge is 0.466 e. The van der Waals surface area contributed by atoms with Crippen molar-refractivity contribution in [2.75, 3.05) is 6.61 Å². The summed E-state index contributed by atoms with van der Waals surface area (Å²) in [6.45, 7) is 2.15. The third-order valence-corrected chi connectivity index (χ3v) is 5.63. The van der Waals surface area contributed by atoms with Gasteiger partial charge in [-0.15, -0.1) is 0 Å². The Balaban J connectivity index is 1.96. The molecule has 92 valence electrons. The first-order valence-electron chi connectivity index (χ1n) is 5.55. The summed E-state index contributed by atoms with van der Waals surface area (Å²) >= 11 is 0. The fourth-order valence-corrected chi connectivity index (χ4v) is 4.16. The van der Waals surface area contributed by atoms with Gasteiger partial charge < -0.3 is 4.74 Å². The van der Waals surface area contributed by atoms with Gasteiger partial charge in [-0.1, -0.05) is 0 Å². The number of carbonyl (C=O) groups is 1. The Kier molecular flexibility index (Phi) is 3.18. The van der Waals surface area contributed by atoms with Gasteiger partial charge >= 0.3 is 5.97 Å². The summed E-state index contributed by atoms with van der Waals surface area (Å²) in [5, 5.41) is -0.477. The third kappa shape index (κ3) is 2.20. The minimum atomic E-state index is -3.47. The summed E-state index contributed by atoms with van der Waals surface area (Å²) < 4.78 is 27.4. The topological polar surface area (TPSA) is 60.4 Å². The van der Waals surface area contributed by atoms with Gasteiger partial charge in [-0.2, -0.15) is 0 Å². The highest BCUT2D eigenvalue weighted by molar-refractivity contribution is 8.14. The van der Waals surface area contributed by atoms with Crippen LogP contribution < -0.4 is 0 Å². The van der Waals surface area contributed by atoms with Crippen molar-refractivity contribution in [3.05, 3.63) is 0 Å². The molecular formula is C10H15ClO4S. The molecule has 2 aliphatic rings. The van der Waals surface area contributed by atoms with Gasteiger partial charge in [-0.25, -0.2) is 8.42 Å². The molecule has 4 nitrogen and oxygen atoms in total. The van der Waals surface area contributed by atoms with Gasteiger partial charge in [-0.05, 0) is 38.0 Å². The second-order valence-electron chi connectivity index (χ2n) is 4.52. The molecule has 2 aliphatic carbocycles. The highest BCUT2D eigenvalue weighted by Crippen LogP contribution is 2.57. The quantitative estimate of drug-likeness (QED) is 0.574. The van der Waals surface area contributed by atoms with Crippen molar-refractivity contribution < 1.29 is 17.9 Å². The van der Waals surface area contributed by atoms with E-state index < -0.39 is 14.3 Å². The maximum absolute atomic E-state index is 11.5. The van der Waals surface area contributed by atoms with E-state index in [2.05, 4.69) is 0 Å². The lowest BCUT2D eigenvalue weighted by Gasteiger charge is -2.16. The van der Waals surface area contributed by atoms with E-state index in [-0.39, 0.29) is 17.8 Å². The fourth-order valence-electron chi connectivity index (χ4n) is 2.80. The fraction of sp³-hybridized carbons (Fsp3) is 0.900. The van der Waals surface area contributed by atoms with Crippen LogP contribution in [-0.4, -0.2) is 26.2 Å². The first kappa shape index (κ1) is 12.2. The third-order valence-electron chi connectivity index (χ3n) is 3.65. The average molecular weight is 267 g/mol. The highest BCUT2D eigenvalue weighted by Gasteiger charge is 2.58. The molecule has 0 aliphatic heterocycles. The predicted molar refractivity (Wildman–Crippen MR) is 59.5 cm³/mol. The van der Waals surface area contributed by atoms with Crippen LogP contribution in [0.4, 0.5) is 0 Å². The molecule has 4 unspecified atom stereocenters. The van der Waals surface area contributed by atoms with Crippen LogP contribution in [-0.2, 0) is 18.6 Å². The van der Waals surface area contributed by atoms with Crippen LogP contribution in [0.25, 0.3) is 0 Å². The Morgan fingerprint density at radius 2 is 2.06 bits per heavy atom. The van der Waals surface area contributed by atoms with Crippen LogP contribution >= 0.6 is 10.7 Å². The van der Waals surface area contributed by atoms with E-state index in [1.165, 1.54) is 0 Å². The Hall–Kier alpha value is -0.290. The lowest BCUT2D eigenvalue weighted by Crippen LogP contribution is -2.20. The number of ether oxygens (including phenoxy) is 1. The number of halogens is 1. The van der Waals surface area contributed by atoms with Crippen LogP contribution in [0.15, 0.2) is 0 Å². The van der Waals surface area contributed by atoms with Crippen molar-refractivity contribution in [1.82, 2.24) is 0 Å². The standard InChI is InChI=1S/C10H15ClO4S/c1-2-15-10(12)9-7-4-3-6(5-8(7)9)16(11,13)14/h6-9H,2-5H2,1H3. The lowest BCUT2D eigenvalue weighted by atomic mass is 10.0. The monoisotopic (exact) mass is 266 g/mol. The van der Waals surface area contributed by atoms with Crippen LogP contribution in [0.2, 0.25) is 0 Å². The summed E-state index contributed by atoms with van der Waals surface area (Å²) in [4.78, 5) is 11.5. The Bertz CT molecular complexity index is 392.